The van der Waals surface area contributed by atoms with Crippen molar-refractivity contribution in [3.63, 3.8) is 0 Å². The molecule has 0 aliphatic heterocycles. The zero-order valence-electron chi connectivity index (χ0n) is 62.1. The molecule has 0 atom stereocenters. The highest BCUT2D eigenvalue weighted by Crippen LogP contribution is 2.53. The van der Waals surface area contributed by atoms with Gasteiger partial charge in [0.1, 0.15) is 0 Å². The predicted octanol–water partition coefficient (Wildman–Crippen LogP) is 27.8. The highest BCUT2D eigenvalue weighted by molar-refractivity contribution is 5.98. The van der Waals surface area contributed by atoms with E-state index >= 15 is 0 Å². The second-order valence-corrected chi connectivity index (χ2v) is 34.2. The zero-order chi connectivity index (χ0) is 69.8. The lowest BCUT2D eigenvalue weighted by molar-refractivity contribution is 0.589. The first kappa shape index (κ1) is 69.2. The second-order valence-electron chi connectivity index (χ2n) is 34.2. The number of rotatable bonds is 13. The van der Waals surface area contributed by atoms with E-state index in [1.807, 2.05) is 0 Å². The largest absolute Gasteiger partial charge is 0.308 e. The summed E-state index contributed by atoms with van der Waals surface area (Å²) < 4.78 is 0. The van der Waals surface area contributed by atoms with Crippen LogP contribution in [0.2, 0.25) is 0 Å². The third-order valence-corrected chi connectivity index (χ3v) is 19.5. The van der Waals surface area contributed by atoms with E-state index in [-0.39, 0.29) is 37.9 Å². The normalized spacial score (nSPS) is 12.6. The van der Waals surface area contributed by atoms with Gasteiger partial charge in [-0.15, -0.1) is 0 Å². The summed E-state index contributed by atoms with van der Waals surface area (Å²) in [4.78, 5) is 7.55. The predicted molar refractivity (Wildman–Crippen MR) is 423 cm³/mol. The maximum Gasteiger partial charge on any atom is 0.0706 e. The maximum atomic E-state index is 2.58. The van der Waals surface area contributed by atoms with Crippen LogP contribution in [0.1, 0.15) is 184 Å². The molecule has 0 bridgehead atoms. The molecule has 3 nitrogen and oxygen atoms in total. The first-order valence-electron chi connectivity index (χ1n) is 35.1. The van der Waals surface area contributed by atoms with Crippen molar-refractivity contribution in [2.24, 2.45) is 0 Å². The van der Waals surface area contributed by atoms with E-state index in [0.717, 1.165) is 51.2 Å². The van der Waals surface area contributed by atoms with Crippen LogP contribution in [0, 0.1) is 0 Å². The van der Waals surface area contributed by atoms with Crippen molar-refractivity contribution in [2.45, 2.75) is 183 Å². The monoisotopic (exact) mass is 1280 g/mol. The Labute approximate surface area is 584 Å². The van der Waals surface area contributed by atoms with Crippen LogP contribution in [0.5, 0.6) is 0 Å². The van der Waals surface area contributed by atoms with Crippen molar-refractivity contribution >= 4 is 51.2 Å². The van der Waals surface area contributed by atoms with Gasteiger partial charge >= 0.3 is 0 Å². The third-order valence-electron chi connectivity index (χ3n) is 19.5. The summed E-state index contributed by atoms with van der Waals surface area (Å²) in [6, 6.07) is 97.2. The fourth-order valence-corrected chi connectivity index (χ4v) is 13.0. The van der Waals surface area contributed by atoms with Crippen LogP contribution in [-0.4, -0.2) is 0 Å². The third kappa shape index (κ3) is 15.5. The summed E-state index contributed by atoms with van der Waals surface area (Å²) in [5.74, 6) is 0. The molecule has 0 radical (unpaired) electrons. The van der Waals surface area contributed by atoms with Crippen LogP contribution >= 0.6 is 0 Å². The molecule has 496 valence electrons. The van der Waals surface area contributed by atoms with E-state index < -0.39 is 0 Å². The minimum absolute atomic E-state index is 0.0565. The van der Waals surface area contributed by atoms with E-state index in [9.17, 15) is 0 Å². The number of hydrogen-bond acceptors (Lipinski definition) is 3. The Morgan fingerprint density at radius 3 is 0.474 bits per heavy atom. The Morgan fingerprint density at radius 1 is 0.144 bits per heavy atom. The first-order valence-corrected chi connectivity index (χ1v) is 35.1. The van der Waals surface area contributed by atoms with Gasteiger partial charge in [-0.25, -0.2) is 0 Å². The van der Waals surface area contributed by atoms with Crippen molar-refractivity contribution in [3.05, 3.63) is 294 Å². The molecule has 0 saturated carbocycles. The summed E-state index contributed by atoms with van der Waals surface area (Å²) in [7, 11) is 0. The summed E-state index contributed by atoms with van der Waals surface area (Å²) in [6.45, 7) is 48.3. The minimum atomic E-state index is -0.208. The molecule has 0 heterocycles. The lowest BCUT2D eigenvalue weighted by atomic mass is 9.85. The quantitative estimate of drug-likeness (QED) is 0.114. The smallest absolute Gasteiger partial charge is 0.0706 e. The molecule has 11 rings (SSSR count). The second kappa shape index (κ2) is 26.3. The van der Waals surface area contributed by atoms with Crippen LogP contribution in [0.3, 0.4) is 0 Å². The van der Waals surface area contributed by atoms with Gasteiger partial charge in [0.05, 0.1) is 22.7 Å². The molecule has 97 heavy (non-hydrogen) atoms. The van der Waals surface area contributed by atoms with E-state index in [1.54, 1.807) is 0 Å². The van der Waals surface area contributed by atoms with Crippen molar-refractivity contribution in [1.82, 2.24) is 0 Å². The van der Waals surface area contributed by atoms with Crippen molar-refractivity contribution in [3.8, 4) is 44.5 Å². The standard InChI is InChI=1S/C94H105N3/c1-88(2,3)72-38-22-64(23-39-72)68-30-50-79(51-31-68)95(80-52-32-69(33-53-80)65-24-40-73(41-25-65)89(4,5)6)84-60-48-77(93(16,17)18)62-86(84)97(83-58-46-76(47-59-83)92(13,14)15)87-63-78(94(19,20)21)49-61-85(87)96(81-54-34-70(35-55-81)66-26-42-74(43-27-66)90(7,8)9)82-56-36-71(37-57-82)67-28-44-75(45-29-67)91(10,11)12/h22-63H,1-21H3. The van der Waals surface area contributed by atoms with Gasteiger partial charge < -0.3 is 14.7 Å². The molecule has 0 fully saturated rings. The van der Waals surface area contributed by atoms with Crippen molar-refractivity contribution < 1.29 is 0 Å². The number of anilines is 9. The fraction of sp³-hybridized carbons (Fsp3) is 0.298. The summed E-state index contributed by atoms with van der Waals surface area (Å²) in [6.07, 6.45) is 0. The van der Waals surface area contributed by atoms with Crippen LogP contribution in [0.4, 0.5) is 51.2 Å². The van der Waals surface area contributed by atoms with Gasteiger partial charge in [-0.2, -0.15) is 0 Å². The van der Waals surface area contributed by atoms with Gasteiger partial charge in [-0.1, -0.05) is 315 Å². The molecule has 0 aliphatic rings. The zero-order valence-corrected chi connectivity index (χ0v) is 62.1. The van der Waals surface area contributed by atoms with E-state index in [4.69, 9.17) is 0 Å². The molecule has 0 saturated heterocycles. The molecule has 3 heteroatoms. The van der Waals surface area contributed by atoms with E-state index in [2.05, 4.69) is 415 Å². The van der Waals surface area contributed by atoms with Crippen molar-refractivity contribution in [1.29, 1.82) is 0 Å². The number of benzene rings is 11. The minimum Gasteiger partial charge on any atom is -0.308 e. The van der Waals surface area contributed by atoms with Gasteiger partial charge in [0.25, 0.3) is 0 Å². The molecular formula is C94H105N3. The SMILES string of the molecule is CC(C)(C)c1ccc(-c2ccc(N(c3ccc(-c4ccc(C(C)(C)C)cc4)cc3)c3ccc(C(C)(C)C)cc3N(c3ccc(C(C)(C)C)cc3)c3cc(C(C)(C)C)ccc3N(c3ccc(-c4ccc(C(C)(C)C)cc4)cc3)c3ccc(-c4ccc(C(C)(C)C)cc4)cc3)cc2)cc1. The van der Waals surface area contributed by atoms with Gasteiger partial charge in [-0.3, -0.25) is 0 Å². The highest BCUT2D eigenvalue weighted by Gasteiger charge is 2.31. The van der Waals surface area contributed by atoms with Crippen molar-refractivity contribution in [2.75, 3.05) is 14.7 Å². The average Bonchev–Trinajstić information content (AvgIpc) is 0.744. The highest BCUT2D eigenvalue weighted by atomic mass is 15.2. The lowest BCUT2D eigenvalue weighted by Gasteiger charge is -2.38. The van der Waals surface area contributed by atoms with Crippen LogP contribution in [-0.2, 0) is 37.9 Å². The molecule has 0 spiro atoms. The average molecular weight is 1280 g/mol. The molecule has 0 amide bonds. The topological polar surface area (TPSA) is 9.72 Å². The number of hydrogen-bond donors (Lipinski definition) is 0. The lowest BCUT2D eigenvalue weighted by Crippen LogP contribution is -2.22. The van der Waals surface area contributed by atoms with Crippen LogP contribution < -0.4 is 14.7 Å². The first-order chi connectivity index (χ1) is 45.5. The van der Waals surface area contributed by atoms with Crippen LogP contribution in [0.25, 0.3) is 44.5 Å². The summed E-state index contributed by atoms with van der Waals surface area (Å²) in [5, 5.41) is 0. The van der Waals surface area contributed by atoms with E-state index in [0.29, 0.717) is 0 Å². The molecule has 0 aromatic heterocycles. The van der Waals surface area contributed by atoms with Crippen LogP contribution in [0.15, 0.2) is 255 Å². The Kier molecular flexibility index (Phi) is 18.8. The molecule has 0 N–H and O–H groups in total. The molecular weight excluding hydrogens is 1170 g/mol. The Morgan fingerprint density at radius 2 is 0.289 bits per heavy atom. The van der Waals surface area contributed by atoms with E-state index in [1.165, 1.54) is 83.5 Å². The fourth-order valence-electron chi connectivity index (χ4n) is 13.0. The Balaban J connectivity index is 1.17. The molecule has 11 aromatic carbocycles. The molecule has 11 aromatic rings. The maximum absolute atomic E-state index is 2.58. The van der Waals surface area contributed by atoms with Gasteiger partial charge in [0, 0.05) is 28.4 Å². The molecule has 0 aliphatic carbocycles. The summed E-state index contributed by atoms with van der Waals surface area (Å²) in [5.41, 5.74) is 27.7. The van der Waals surface area contributed by atoms with Gasteiger partial charge in [0.2, 0.25) is 0 Å². The summed E-state index contributed by atoms with van der Waals surface area (Å²) >= 11 is 0. The Hall–Kier alpha value is -9.18. The Bertz CT molecular complexity index is 4010. The van der Waals surface area contributed by atoms with Gasteiger partial charge in [-0.05, 0) is 206 Å². The molecule has 0 unspecified atom stereocenters. The number of nitrogens with zero attached hydrogens (tertiary/aromatic N) is 3. The van der Waals surface area contributed by atoms with Gasteiger partial charge in [0.15, 0.2) is 0 Å².